The van der Waals surface area contributed by atoms with Crippen LogP contribution in [0.2, 0.25) is 0 Å². The highest BCUT2D eigenvalue weighted by molar-refractivity contribution is 8.26. The van der Waals surface area contributed by atoms with Gasteiger partial charge < -0.3 is 10.1 Å². The lowest BCUT2D eigenvalue weighted by Gasteiger charge is -2.26. The molecule has 0 atom stereocenters. The molecule has 186 valence electrons. The zero-order valence-electron chi connectivity index (χ0n) is 20.0. The lowest BCUT2D eigenvalue weighted by atomic mass is 10.2. The fourth-order valence-corrected chi connectivity index (χ4v) is 5.50. The van der Waals surface area contributed by atoms with Crippen molar-refractivity contribution in [2.75, 3.05) is 44.7 Å². The van der Waals surface area contributed by atoms with Gasteiger partial charge in [0.15, 0.2) is 0 Å². The number of thiocarbonyl (C=S) groups is 1. The quantitative estimate of drug-likeness (QED) is 0.375. The third-order valence-electron chi connectivity index (χ3n) is 6.24. The van der Waals surface area contributed by atoms with E-state index in [0.717, 1.165) is 44.0 Å². The molecule has 2 saturated heterocycles. The Morgan fingerprint density at radius 2 is 1.92 bits per heavy atom. The molecule has 2 aliphatic heterocycles. The molecule has 4 heterocycles. The van der Waals surface area contributed by atoms with Gasteiger partial charge in [-0.15, -0.1) is 0 Å². The number of carbonyl (C=O) groups excluding carboxylic acids is 1. The van der Waals surface area contributed by atoms with Crippen molar-refractivity contribution >= 4 is 51.7 Å². The van der Waals surface area contributed by atoms with Crippen LogP contribution < -0.4 is 10.9 Å². The largest absolute Gasteiger partial charge is 0.379 e. The highest BCUT2D eigenvalue weighted by atomic mass is 32.2. The van der Waals surface area contributed by atoms with E-state index in [0.29, 0.717) is 39.3 Å². The van der Waals surface area contributed by atoms with Crippen LogP contribution in [0.1, 0.15) is 16.7 Å². The molecule has 10 heteroatoms. The van der Waals surface area contributed by atoms with E-state index >= 15 is 0 Å². The molecule has 0 saturated carbocycles. The number of ether oxygens (including phenoxy) is 1. The van der Waals surface area contributed by atoms with Crippen molar-refractivity contribution in [3.05, 3.63) is 80.6 Å². The predicted molar refractivity (Wildman–Crippen MR) is 147 cm³/mol. The normalized spacial score (nSPS) is 17.9. The predicted octanol–water partition coefficient (Wildman–Crippen LogP) is 3.15. The van der Waals surface area contributed by atoms with E-state index in [1.165, 1.54) is 16.2 Å². The summed E-state index contributed by atoms with van der Waals surface area (Å²) < 4.78 is 7.43. The summed E-state index contributed by atoms with van der Waals surface area (Å²) in [7, 11) is 0. The average molecular weight is 522 g/mol. The molecule has 0 bridgehead atoms. The SMILES string of the molecule is Cc1cccn2c(=O)c(/C=C3\SC(=S)N(Cc4ccccc4)C3=O)c(NCCN3CCOCC3)nc12. The van der Waals surface area contributed by atoms with Crippen LogP contribution in [-0.4, -0.2) is 68.8 Å². The molecule has 2 aliphatic rings. The number of anilines is 1. The summed E-state index contributed by atoms with van der Waals surface area (Å²) in [6.07, 6.45) is 3.33. The lowest BCUT2D eigenvalue weighted by Crippen LogP contribution is -2.39. The maximum atomic E-state index is 13.6. The summed E-state index contributed by atoms with van der Waals surface area (Å²) >= 11 is 6.72. The number of thioether (sulfide) groups is 1. The van der Waals surface area contributed by atoms with Crippen LogP contribution in [0, 0.1) is 6.92 Å². The number of carbonyl (C=O) groups is 1. The van der Waals surface area contributed by atoms with Gasteiger partial charge in [0.25, 0.3) is 11.5 Å². The number of aryl methyl sites for hydroxylation is 1. The summed E-state index contributed by atoms with van der Waals surface area (Å²) in [6, 6.07) is 13.5. The molecular weight excluding hydrogens is 494 g/mol. The molecule has 8 nitrogen and oxygen atoms in total. The highest BCUT2D eigenvalue weighted by Gasteiger charge is 2.32. The van der Waals surface area contributed by atoms with E-state index in [9.17, 15) is 9.59 Å². The number of pyridine rings is 1. The minimum Gasteiger partial charge on any atom is -0.379 e. The van der Waals surface area contributed by atoms with Gasteiger partial charge in [-0.1, -0.05) is 60.4 Å². The summed E-state index contributed by atoms with van der Waals surface area (Å²) in [6.45, 7) is 6.95. The van der Waals surface area contributed by atoms with Gasteiger partial charge in [0.1, 0.15) is 15.8 Å². The number of aromatic nitrogens is 2. The van der Waals surface area contributed by atoms with Crippen LogP contribution in [0.25, 0.3) is 11.7 Å². The molecule has 0 aliphatic carbocycles. The third-order valence-corrected chi connectivity index (χ3v) is 7.62. The molecule has 2 aromatic heterocycles. The smallest absolute Gasteiger partial charge is 0.267 e. The maximum Gasteiger partial charge on any atom is 0.267 e. The minimum atomic E-state index is -0.231. The Morgan fingerprint density at radius 3 is 2.69 bits per heavy atom. The van der Waals surface area contributed by atoms with Crippen LogP contribution in [-0.2, 0) is 16.1 Å². The number of nitrogens with zero attached hydrogens (tertiary/aromatic N) is 4. The first kappa shape index (κ1) is 24.6. The number of benzene rings is 1. The monoisotopic (exact) mass is 521 g/mol. The van der Waals surface area contributed by atoms with Gasteiger partial charge in [0.05, 0.1) is 30.2 Å². The number of amides is 1. The molecule has 0 spiro atoms. The van der Waals surface area contributed by atoms with Crippen LogP contribution in [0.15, 0.2) is 58.4 Å². The van der Waals surface area contributed by atoms with Crippen LogP contribution in [0.5, 0.6) is 0 Å². The Labute approximate surface area is 219 Å². The second kappa shape index (κ2) is 10.9. The number of fused-ring (bicyclic) bond motifs is 1. The van der Waals surface area contributed by atoms with Crippen molar-refractivity contribution < 1.29 is 9.53 Å². The summed E-state index contributed by atoms with van der Waals surface area (Å²) in [4.78, 5) is 35.9. The Balaban J connectivity index is 1.46. The molecule has 0 radical (unpaired) electrons. The molecule has 1 aromatic carbocycles. The molecule has 3 aromatic rings. The number of morpholine rings is 1. The van der Waals surface area contributed by atoms with Crippen LogP contribution in [0.4, 0.5) is 5.82 Å². The first-order valence-electron chi connectivity index (χ1n) is 11.9. The lowest BCUT2D eigenvalue weighted by molar-refractivity contribution is -0.122. The van der Waals surface area contributed by atoms with Gasteiger partial charge in [-0.05, 0) is 30.2 Å². The summed E-state index contributed by atoms with van der Waals surface area (Å²) in [5.74, 6) is 0.262. The fourth-order valence-electron chi connectivity index (χ4n) is 4.27. The van der Waals surface area contributed by atoms with Crippen molar-refractivity contribution in [3.8, 4) is 0 Å². The van der Waals surface area contributed by atoms with Crippen molar-refractivity contribution in [1.82, 2.24) is 19.2 Å². The Kier molecular flexibility index (Phi) is 7.47. The number of nitrogens with one attached hydrogen (secondary N) is 1. The summed E-state index contributed by atoms with van der Waals surface area (Å²) in [5, 5.41) is 3.35. The van der Waals surface area contributed by atoms with Gasteiger partial charge in [-0.3, -0.25) is 23.8 Å². The van der Waals surface area contributed by atoms with Crippen molar-refractivity contribution in [2.24, 2.45) is 0 Å². The van der Waals surface area contributed by atoms with Gasteiger partial charge >= 0.3 is 0 Å². The minimum absolute atomic E-state index is 0.207. The zero-order valence-corrected chi connectivity index (χ0v) is 21.6. The average Bonchev–Trinajstić information content (AvgIpc) is 3.15. The highest BCUT2D eigenvalue weighted by Crippen LogP contribution is 2.34. The van der Waals surface area contributed by atoms with E-state index in [4.69, 9.17) is 21.9 Å². The van der Waals surface area contributed by atoms with Crippen molar-refractivity contribution in [1.29, 1.82) is 0 Å². The molecule has 2 fully saturated rings. The van der Waals surface area contributed by atoms with Gasteiger partial charge in [-0.25, -0.2) is 4.98 Å². The topological polar surface area (TPSA) is 79.2 Å². The van der Waals surface area contributed by atoms with E-state index in [-0.39, 0.29) is 11.5 Å². The number of rotatable bonds is 7. The zero-order chi connectivity index (χ0) is 25.1. The van der Waals surface area contributed by atoms with Crippen molar-refractivity contribution in [3.63, 3.8) is 0 Å². The first-order valence-corrected chi connectivity index (χ1v) is 13.1. The molecule has 1 amide bonds. The van der Waals surface area contributed by atoms with Crippen LogP contribution in [0.3, 0.4) is 0 Å². The van der Waals surface area contributed by atoms with Crippen LogP contribution >= 0.6 is 24.0 Å². The molecule has 0 unspecified atom stereocenters. The first-order chi connectivity index (χ1) is 17.5. The van der Waals surface area contributed by atoms with E-state index in [1.54, 1.807) is 17.2 Å². The number of hydrogen-bond acceptors (Lipinski definition) is 8. The number of hydrogen-bond donors (Lipinski definition) is 1. The Morgan fingerprint density at radius 1 is 1.14 bits per heavy atom. The van der Waals surface area contributed by atoms with E-state index in [2.05, 4.69) is 10.2 Å². The molecule has 5 rings (SSSR count). The van der Waals surface area contributed by atoms with Crippen molar-refractivity contribution in [2.45, 2.75) is 13.5 Å². The fraction of sp³-hybridized carbons (Fsp3) is 0.308. The van der Waals surface area contributed by atoms with Gasteiger partial charge in [0, 0.05) is 32.4 Å². The maximum absolute atomic E-state index is 13.6. The second-order valence-corrected chi connectivity index (χ2v) is 10.4. The molecular formula is C26H27N5O3S2. The second-order valence-electron chi connectivity index (χ2n) is 8.70. The standard InChI is InChI=1S/C26H27N5O3S2/c1-18-6-5-10-30-23(18)28-22(27-9-11-29-12-14-34-15-13-29)20(24(30)32)16-21-25(33)31(26(35)36-21)17-19-7-3-2-4-8-19/h2-8,10,16,27H,9,11-15,17H2,1H3/b21-16-. The summed E-state index contributed by atoms with van der Waals surface area (Å²) in [5.41, 5.74) is 2.59. The van der Waals surface area contributed by atoms with Gasteiger partial charge in [0.2, 0.25) is 0 Å². The molecule has 1 N–H and O–H groups in total. The van der Waals surface area contributed by atoms with E-state index < -0.39 is 0 Å². The van der Waals surface area contributed by atoms with E-state index in [1.807, 2.05) is 49.4 Å². The Bertz CT molecular complexity index is 1380. The van der Waals surface area contributed by atoms with Gasteiger partial charge in [-0.2, -0.15) is 0 Å². The Hall–Kier alpha value is -3.05. The molecule has 36 heavy (non-hydrogen) atoms. The third kappa shape index (κ3) is 5.22.